The van der Waals surface area contributed by atoms with E-state index >= 15 is 0 Å². The highest BCUT2D eigenvalue weighted by Crippen LogP contribution is 2.21. The van der Waals surface area contributed by atoms with Crippen LogP contribution in [0.4, 0.5) is 11.4 Å². The minimum Gasteiger partial charge on any atom is -0.508 e. The van der Waals surface area contributed by atoms with Crippen LogP contribution in [0.5, 0.6) is 5.75 Å². The fourth-order valence-corrected chi connectivity index (χ4v) is 1.74. The first-order valence-corrected chi connectivity index (χ1v) is 6.57. The summed E-state index contributed by atoms with van der Waals surface area (Å²) in [5.74, 6) is 0.235. The van der Waals surface area contributed by atoms with Crippen LogP contribution in [0.15, 0.2) is 58.8 Å². The van der Waals surface area contributed by atoms with Crippen molar-refractivity contribution in [1.82, 2.24) is 0 Å². The maximum atomic E-state index is 9.17. The first-order valence-electron chi connectivity index (χ1n) is 6.57. The molecule has 0 radical (unpaired) electrons. The molecule has 98 valence electrons. The van der Waals surface area contributed by atoms with Gasteiger partial charge in [-0.3, -0.25) is 0 Å². The van der Waals surface area contributed by atoms with Crippen molar-refractivity contribution in [3.8, 4) is 5.75 Å². The predicted octanol–water partition coefficient (Wildman–Crippen LogP) is 5.15. The van der Waals surface area contributed by atoms with Gasteiger partial charge in [-0.15, -0.1) is 0 Å². The lowest BCUT2D eigenvalue weighted by Gasteiger charge is -1.99. The Morgan fingerprint density at radius 1 is 0.842 bits per heavy atom. The fourth-order valence-electron chi connectivity index (χ4n) is 1.74. The summed E-state index contributed by atoms with van der Waals surface area (Å²) in [5, 5.41) is 17.5. The number of aryl methyl sites for hydroxylation is 1. The topological polar surface area (TPSA) is 45.0 Å². The second-order valence-electron chi connectivity index (χ2n) is 4.49. The van der Waals surface area contributed by atoms with Gasteiger partial charge in [0.1, 0.15) is 5.75 Å². The van der Waals surface area contributed by atoms with E-state index in [9.17, 15) is 5.11 Å². The average molecular weight is 254 g/mol. The Labute approximate surface area is 113 Å². The van der Waals surface area contributed by atoms with Crippen LogP contribution in [0, 0.1) is 0 Å². The smallest absolute Gasteiger partial charge is 0.115 e. The lowest BCUT2D eigenvalue weighted by atomic mass is 10.1. The third-order valence-corrected chi connectivity index (χ3v) is 2.89. The molecule has 3 heteroatoms. The summed E-state index contributed by atoms with van der Waals surface area (Å²) >= 11 is 0. The van der Waals surface area contributed by atoms with Crippen molar-refractivity contribution in [1.29, 1.82) is 0 Å². The molecule has 2 aromatic rings. The number of nitrogens with zero attached hydrogens (tertiary/aromatic N) is 2. The summed E-state index contributed by atoms with van der Waals surface area (Å²) < 4.78 is 0. The molecule has 0 fully saturated rings. The second kappa shape index (κ2) is 6.69. The van der Waals surface area contributed by atoms with Crippen molar-refractivity contribution in [3.05, 3.63) is 54.1 Å². The monoisotopic (exact) mass is 254 g/mol. The molecule has 0 saturated carbocycles. The third-order valence-electron chi connectivity index (χ3n) is 2.89. The largest absolute Gasteiger partial charge is 0.508 e. The number of hydrogen-bond donors (Lipinski definition) is 1. The van der Waals surface area contributed by atoms with Gasteiger partial charge < -0.3 is 5.11 Å². The van der Waals surface area contributed by atoms with E-state index in [-0.39, 0.29) is 5.75 Å². The summed E-state index contributed by atoms with van der Waals surface area (Å²) in [6, 6.07) is 14.8. The molecule has 0 unspecified atom stereocenters. The summed E-state index contributed by atoms with van der Waals surface area (Å²) in [6.45, 7) is 2.19. The fraction of sp³-hybridized carbons (Fsp3) is 0.250. The van der Waals surface area contributed by atoms with Crippen LogP contribution < -0.4 is 0 Å². The van der Waals surface area contributed by atoms with Gasteiger partial charge in [-0.05, 0) is 54.8 Å². The van der Waals surface area contributed by atoms with Crippen LogP contribution in [0.2, 0.25) is 0 Å². The molecule has 19 heavy (non-hydrogen) atoms. The molecule has 0 aromatic heterocycles. The van der Waals surface area contributed by atoms with Crippen LogP contribution >= 0.6 is 0 Å². The number of rotatable bonds is 5. The molecular weight excluding hydrogens is 236 g/mol. The van der Waals surface area contributed by atoms with E-state index in [2.05, 4.69) is 29.3 Å². The Kier molecular flexibility index (Phi) is 4.67. The van der Waals surface area contributed by atoms with E-state index in [0.29, 0.717) is 0 Å². The highest BCUT2D eigenvalue weighted by atomic mass is 16.3. The van der Waals surface area contributed by atoms with Crippen molar-refractivity contribution >= 4 is 11.4 Å². The summed E-state index contributed by atoms with van der Waals surface area (Å²) in [6.07, 6.45) is 3.54. The molecule has 0 aliphatic carbocycles. The summed E-state index contributed by atoms with van der Waals surface area (Å²) in [5.41, 5.74) is 2.91. The molecule has 0 spiro atoms. The SMILES string of the molecule is CCCCc1ccc(N=Nc2ccc(O)cc2)cc1. The van der Waals surface area contributed by atoms with Gasteiger partial charge in [0.2, 0.25) is 0 Å². The van der Waals surface area contributed by atoms with E-state index in [4.69, 9.17) is 0 Å². The van der Waals surface area contributed by atoms with Crippen LogP contribution in [-0.4, -0.2) is 5.11 Å². The van der Waals surface area contributed by atoms with E-state index < -0.39 is 0 Å². The molecule has 0 atom stereocenters. The number of azo groups is 1. The molecule has 0 amide bonds. The Balaban J connectivity index is 2.00. The minimum absolute atomic E-state index is 0.235. The highest BCUT2D eigenvalue weighted by molar-refractivity contribution is 5.42. The number of unbranched alkanes of at least 4 members (excludes halogenated alkanes) is 1. The van der Waals surface area contributed by atoms with E-state index in [0.717, 1.165) is 17.8 Å². The van der Waals surface area contributed by atoms with Gasteiger partial charge in [0, 0.05) is 0 Å². The van der Waals surface area contributed by atoms with Gasteiger partial charge in [0.25, 0.3) is 0 Å². The Morgan fingerprint density at radius 3 is 1.89 bits per heavy atom. The number of phenolic OH excluding ortho intramolecular Hbond substituents is 1. The zero-order valence-electron chi connectivity index (χ0n) is 11.1. The minimum atomic E-state index is 0.235. The first-order chi connectivity index (χ1) is 9.28. The second-order valence-corrected chi connectivity index (χ2v) is 4.49. The Morgan fingerprint density at radius 2 is 1.37 bits per heavy atom. The average Bonchev–Trinajstić information content (AvgIpc) is 2.46. The standard InChI is InChI=1S/C16H18N2O/c1-2-3-4-13-5-7-14(8-6-13)17-18-15-9-11-16(19)12-10-15/h5-12,19H,2-4H2,1H3. The molecule has 0 heterocycles. The maximum Gasteiger partial charge on any atom is 0.115 e. The van der Waals surface area contributed by atoms with E-state index in [1.54, 1.807) is 24.3 Å². The van der Waals surface area contributed by atoms with Gasteiger partial charge in [-0.2, -0.15) is 10.2 Å². The van der Waals surface area contributed by atoms with Crippen molar-refractivity contribution in [2.24, 2.45) is 10.2 Å². The third kappa shape index (κ3) is 4.21. The van der Waals surface area contributed by atoms with Gasteiger partial charge >= 0.3 is 0 Å². The van der Waals surface area contributed by atoms with Gasteiger partial charge in [-0.1, -0.05) is 25.5 Å². The number of aromatic hydroxyl groups is 1. The molecule has 0 aliphatic rings. The molecule has 0 aliphatic heterocycles. The first kappa shape index (κ1) is 13.3. The quantitative estimate of drug-likeness (QED) is 0.737. The van der Waals surface area contributed by atoms with Crippen LogP contribution in [0.1, 0.15) is 25.3 Å². The van der Waals surface area contributed by atoms with Crippen LogP contribution in [0.3, 0.4) is 0 Å². The van der Waals surface area contributed by atoms with Crippen molar-refractivity contribution < 1.29 is 5.11 Å². The maximum absolute atomic E-state index is 9.17. The Hall–Kier alpha value is -2.16. The van der Waals surface area contributed by atoms with E-state index in [1.807, 2.05) is 12.1 Å². The van der Waals surface area contributed by atoms with Gasteiger partial charge in [0.05, 0.1) is 11.4 Å². The normalized spacial score (nSPS) is 11.0. The van der Waals surface area contributed by atoms with Crippen molar-refractivity contribution in [2.75, 3.05) is 0 Å². The molecule has 2 rings (SSSR count). The zero-order chi connectivity index (χ0) is 13.5. The number of phenols is 1. The molecule has 1 N–H and O–H groups in total. The van der Waals surface area contributed by atoms with Crippen LogP contribution in [0.25, 0.3) is 0 Å². The number of benzene rings is 2. The van der Waals surface area contributed by atoms with E-state index in [1.165, 1.54) is 18.4 Å². The molecule has 0 bridgehead atoms. The zero-order valence-corrected chi connectivity index (χ0v) is 11.1. The predicted molar refractivity (Wildman–Crippen MR) is 77.3 cm³/mol. The van der Waals surface area contributed by atoms with Crippen molar-refractivity contribution in [3.63, 3.8) is 0 Å². The summed E-state index contributed by atoms with van der Waals surface area (Å²) in [4.78, 5) is 0. The molecule has 0 saturated heterocycles. The van der Waals surface area contributed by atoms with Gasteiger partial charge in [0.15, 0.2) is 0 Å². The summed E-state index contributed by atoms with van der Waals surface area (Å²) in [7, 11) is 0. The molecule has 2 aromatic carbocycles. The molecular formula is C16H18N2O. The van der Waals surface area contributed by atoms with Gasteiger partial charge in [-0.25, -0.2) is 0 Å². The Bertz CT molecular complexity index is 530. The van der Waals surface area contributed by atoms with Crippen LogP contribution in [-0.2, 0) is 6.42 Å². The number of hydrogen-bond acceptors (Lipinski definition) is 3. The molecule has 3 nitrogen and oxygen atoms in total. The lowest BCUT2D eigenvalue weighted by Crippen LogP contribution is -1.82. The van der Waals surface area contributed by atoms with Crippen molar-refractivity contribution in [2.45, 2.75) is 26.2 Å². The highest BCUT2D eigenvalue weighted by Gasteiger charge is 1.94. The lowest BCUT2D eigenvalue weighted by molar-refractivity contribution is 0.475.